The number of aliphatic carboxylic acids is 1. The van der Waals surface area contributed by atoms with Crippen LogP contribution in [0.15, 0.2) is 42.5 Å². The molecule has 0 saturated carbocycles. The molecule has 0 radical (unpaired) electrons. The number of nitrogens with one attached hydrogen (secondary N) is 3. The third-order valence-electron chi connectivity index (χ3n) is 6.24. The lowest BCUT2D eigenvalue weighted by molar-refractivity contribution is -0.154. The minimum Gasteiger partial charge on any atom is -0.494 e. The van der Waals surface area contributed by atoms with E-state index in [1.807, 2.05) is 24.3 Å². The predicted octanol–water partition coefficient (Wildman–Crippen LogP) is 3.64. The average molecular weight is 620 g/mol. The molecule has 13 nitrogen and oxygen atoms in total. The van der Waals surface area contributed by atoms with E-state index in [-0.39, 0.29) is 42.9 Å². The highest BCUT2D eigenvalue weighted by Gasteiger charge is 2.29. The van der Waals surface area contributed by atoms with Crippen molar-refractivity contribution in [2.24, 2.45) is 5.73 Å². The standard InChI is InChI=1S/C28H32F3N7O6/c29-28(30,31)16-44-27-37-25-33-15-17-5-8-19(9-6-17)42-11-3-1-2-4-12-43-22-13-18(34-26(36-25)38-27)7-10-20(22)23(39)35-21(14-32)24(40)41/h5-10,13,21H,1-4,11-12,14-16,32H2,(H,35,39)(H,40,41)(H2,33,34,36,37,38)/t21-/m1/s1. The van der Waals surface area contributed by atoms with Crippen molar-refractivity contribution in [3.05, 3.63) is 53.6 Å². The van der Waals surface area contributed by atoms with Gasteiger partial charge < -0.3 is 41.0 Å². The number of alkyl halides is 3. The predicted molar refractivity (Wildman–Crippen MR) is 152 cm³/mol. The normalized spacial score (nSPS) is 14.8. The van der Waals surface area contributed by atoms with Crippen molar-refractivity contribution in [2.75, 3.05) is 37.0 Å². The molecule has 0 unspecified atom stereocenters. The maximum Gasteiger partial charge on any atom is 0.422 e. The fourth-order valence-electron chi connectivity index (χ4n) is 4.01. The zero-order valence-corrected chi connectivity index (χ0v) is 23.5. The molecule has 0 saturated heterocycles. The molecule has 1 amide bonds. The highest BCUT2D eigenvalue weighted by Crippen LogP contribution is 2.27. The van der Waals surface area contributed by atoms with E-state index in [4.69, 9.17) is 19.9 Å². The third kappa shape index (κ3) is 9.86. The van der Waals surface area contributed by atoms with Gasteiger partial charge in [-0.15, -0.1) is 0 Å². The first kappa shape index (κ1) is 32.1. The van der Waals surface area contributed by atoms with Gasteiger partial charge in [0.05, 0.1) is 18.8 Å². The molecule has 1 aromatic heterocycles. The van der Waals surface area contributed by atoms with E-state index in [0.717, 1.165) is 24.8 Å². The number of aromatic nitrogens is 3. The first-order chi connectivity index (χ1) is 21.1. The van der Waals surface area contributed by atoms with Crippen LogP contribution >= 0.6 is 0 Å². The van der Waals surface area contributed by atoms with Crippen molar-refractivity contribution in [2.45, 2.75) is 44.4 Å². The Balaban J connectivity index is 1.64. The van der Waals surface area contributed by atoms with Crippen LogP contribution in [0.2, 0.25) is 0 Å². The van der Waals surface area contributed by atoms with Crippen LogP contribution in [0, 0.1) is 0 Å². The maximum absolute atomic E-state index is 12.9. The lowest BCUT2D eigenvalue weighted by Gasteiger charge is -2.17. The summed E-state index contributed by atoms with van der Waals surface area (Å²) in [7, 11) is 0. The number of carboxylic acid groups (broad SMARTS) is 1. The number of carboxylic acids is 1. The molecule has 3 heterocycles. The van der Waals surface area contributed by atoms with Crippen molar-refractivity contribution < 1.29 is 42.1 Å². The molecule has 1 atom stereocenters. The Morgan fingerprint density at radius 2 is 1.70 bits per heavy atom. The monoisotopic (exact) mass is 619 g/mol. The van der Waals surface area contributed by atoms with Crippen LogP contribution in [0.5, 0.6) is 17.5 Å². The summed E-state index contributed by atoms with van der Waals surface area (Å²) in [6, 6.07) is 9.79. The number of fused-ring (bicyclic) bond motifs is 10. The van der Waals surface area contributed by atoms with Crippen LogP contribution in [-0.2, 0) is 11.3 Å². The largest absolute Gasteiger partial charge is 0.494 e. The summed E-state index contributed by atoms with van der Waals surface area (Å²) in [5, 5.41) is 17.5. The van der Waals surface area contributed by atoms with E-state index in [2.05, 4.69) is 30.9 Å². The molecule has 6 N–H and O–H groups in total. The molecule has 236 valence electrons. The fraction of sp³-hybridized carbons (Fsp3) is 0.393. The fourth-order valence-corrected chi connectivity index (χ4v) is 4.01. The maximum atomic E-state index is 12.9. The quantitative estimate of drug-likeness (QED) is 0.270. The molecule has 6 bridgehead atoms. The van der Waals surface area contributed by atoms with Gasteiger partial charge in [0.2, 0.25) is 11.9 Å². The summed E-state index contributed by atoms with van der Waals surface area (Å²) in [6.07, 6.45) is -1.42. The van der Waals surface area contributed by atoms with Gasteiger partial charge in [0.25, 0.3) is 5.91 Å². The Hall–Kier alpha value is -4.86. The third-order valence-corrected chi connectivity index (χ3v) is 6.24. The number of ether oxygens (including phenoxy) is 3. The van der Waals surface area contributed by atoms with Crippen molar-refractivity contribution in [3.63, 3.8) is 0 Å². The number of carbonyl (C=O) groups is 2. The van der Waals surface area contributed by atoms with Gasteiger partial charge in [-0.05, 0) is 55.5 Å². The van der Waals surface area contributed by atoms with E-state index in [1.54, 1.807) is 0 Å². The number of hydrogen-bond donors (Lipinski definition) is 5. The number of nitrogens with two attached hydrogens (primary N) is 1. The SMILES string of the molecule is NC[C@@H](NC(=O)c1ccc2cc1OCCCCCCOc1ccc(cc1)CNc1nc(nc(OCC(F)(F)F)n1)N2)C(=O)O. The summed E-state index contributed by atoms with van der Waals surface area (Å²) in [5.41, 5.74) is 6.69. The molecular formula is C28H32F3N7O6. The first-order valence-corrected chi connectivity index (χ1v) is 13.8. The van der Waals surface area contributed by atoms with Crippen molar-refractivity contribution >= 4 is 29.5 Å². The van der Waals surface area contributed by atoms with E-state index >= 15 is 0 Å². The van der Waals surface area contributed by atoms with E-state index in [0.29, 0.717) is 24.5 Å². The van der Waals surface area contributed by atoms with Gasteiger partial charge in [-0.25, -0.2) is 4.79 Å². The molecular weight excluding hydrogens is 587 g/mol. The number of hydrogen-bond acceptors (Lipinski definition) is 11. The second-order valence-electron chi connectivity index (χ2n) is 9.71. The van der Waals surface area contributed by atoms with Crippen LogP contribution in [0.4, 0.5) is 30.8 Å². The number of carbonyl (C=O) groups excluding carboxylic acids is 1. The number of amides is 1. The Morgan fingerprint density at radius 1 is 1.00 bits per heavy atom. The summed E-state index contributed by atoms with van der Waals surface area (Å²) >= 11 is 0. The topological polar surface area (TPSA) is 183 Å². The molecule has 0 aliphatic carbocycles. The lowest BCUT2D eigenvalue weighted by atomic mass is 10.1. The summed E-state index contributed by atoms with van der Waals surface area (Å²) in [4.78, 5) is 36.5. The number of nitrogens with zero attached hydrogens (tertiary/aromatic N) is 3. The van der Waals surface area contributed by atoms with Crippen molar-refractivity contribution in [1.29, 1.82) is 0 Å². The Kier molecular flexibility index (Phi) is 11.0. The van der Waals surface area contributed by atoms with Gasteiger partial charge in [0, 0.05) is 24.8 Å². The summed E-state index contributed by atoms with van der Waals surface area (Å²) < 4.78 is 55.0. The summed E-state index contributed by atoms with van der Waals surface area (Å²) in [6.45, 7) is -0.916. The summed E-state index contributed by atoms with van der Waals surface area (Å²) in [5.74, 6) is -1.38. The molecule has 44 heavy (non-hydrogen) atoms. The van der Waals surface area contributed by atoms with Gasteiger partial charge in [-0.3, -0.25) is 4.79 Å². The molecule has 0 spiro atoms. The zero-order chi connectivity index (χ0) is 31.5. The van der Waals surface area contributed by atoms with Crippen LogP contribution in [0.1, 0.15) is 41.6 Å². The van der Waals surface area contributed by atoms with E-state index in [1.165, 1.54) is 18.2 Å². The lowest BCUT2D eigenvalue weighted by Crippen LogP contribution is -2.45. The van der Waals surface area contributed by atoms with Gasteiger partial charge in [-0.1, -0.05) is 12.1 Å². The zero-order valence-electron chi connectivity index (χ0n) is 23.5. The average Bonchev–Trinajstić information content (AvgIpc) is 2.98. The van der Waals surface area contributed by atoms with Crippen molar-refractivity contribution in [3.8, 4) is 17.5 Å². The number of anilines is 3. The molecule has 2 aliphatic heterocycles. The van der Waals surface area contributed by atoms with Gasteiger partial charge in [0.15, 0.2) is 6.61 Å². The van der Waals surface area contributed by atoms with E-state index < -0.39 is 36.7 Å². The van der Waals surface area contributed by atoms with Gasteiger partial charge in [-0.2, -0.15) is 28.1 Å². The van der Waals surface area contributed by atoms with Gasteiger partial charge >= 0.3 is 18.2 Å². The van der Waals surface area contributed by atoms with Crippen LogP contribution < -0.4 is 35.9 Å². The Bertz CT molecular complexity index is 1430. The molecule has 5 rings (SSSR count). The minimum absolute atomic E-state index is 0.0544. The minimum atomic E-state index is -4.62. The molecule has 2 aliphatic rings. The van der Waals surface area contributed by atoms with Crippen LogP contribution in [0.3, 0.4) is 0 Å². The Labute approximate surface area is 250 Å². The number of halogens is 3. The van der Waals surface area contributed by atoms with Gasteiger partial charge in [0.1, 0.15) is 17.5 Å². The highest BCUT2D eigenvalue weighted by atomic mass is 19.4. The molecule has 2 aromatic carbocycles. The molecule has 16 heteroatoms. The molecule has 3 aromatic rings. The number of benzene rings is 2. The second-order valence-corrected chi connectivity index (χ2v) is 9.71. The smallest absolute Gasteiger partial charge is 0.422 e. The molecule has 0 fully saturated rings. The van der Waals surface area contributed by atoms with Crippen LogP contribution in [0.25, 0.3) is 0 Å². The Morgan fingerprint density at radius 3 is 2.39 bits per heavy atom. The van der Waals surface area contributed by atoms with Crippen LogP contribution in [-0.4, -0.2) is 70.5 Å². The first-order valence-electron chi connectivity index (χ1n) is 13.8. The number of rotatable bonds is 6. The van der Waals surface area contributed by atoms with Crippen molar-refractivity contribution in [1.82, 2.24) is 20.3 Å². The highest BCUT2D eigenvalue weighted by molar-refractivity contribution is 5.99. The second kappa shape index (κ2) is 15.0. The van der Waals surface area contributed by atoms with E-state index in [9.17, 15) is 27.9 Å².